The Bertz CT molecular complexity index is 810. The predicted octanol–water partition coefficient (Wildman–Crippen LogP) is 3.99. The highest BCUT2D eigenvalue weighted by Crippen LogP contribution is 2.26. The molecule has 1 N–H and O–H groups in total. The lowest BCUT2D eigenvalue weighted by molar-refractivity contribution is -0.121. The third kappa shape index (κ3) is 4.38. The second-order valence-electron chi connectivity index (χ2n) is 5.94. The molecule has 1 amide bonds. The average Bonchev–Trinajstić information content (AvgIpc) is 2.62. The van der Waals surface area contributed by atoms with Gasteiger partial charge in [-0.1, -0.05) is 34.1 Å². The van der Waals surface area contributed by atoms with Gasteiger partial charge in [0.15, 0.2) is 11.7 Å². The molecule has 1 aliphatic rings. The SMILES string of the molecule is Cc1cc(OCC(=O)NC(=S)N2CCCc3ccccc32)ccc1Br. The van der Waals surface area contributed by atoms with Crippen molar-refractivity contribution in [2.75, 3.05) is 18.1 Å². The van der Waals surface area contributed by atoms with Crippen LogP contribution in [-0.4, -0.2) is 24.2 Å². The summed E-state index contributed by atoms with van der Waals surface area (Å²) < 4.78 is 6.56. The second kappa shape index (κ2) is 7.97. The van der Waals surface area contributed by atoms with Gasteiger partial charge < -0.3 is 9.64 Å². The maximum Gasteiger partial charge on any atom is 0.264 e. The Hall–Kier alpha value is -1.92. The van der Waals surface area contributed by atoms with Crippen LogP contribution >= 0.6 is 28.1 Å². The van der Waals surface area contributed by atoms with Gasteiger partial charge in [-0.3, -0.25) is 10.1 Å². The zero-order valence-corrected chi connectivity index (χ0v) is 16.3. The van der Waals surface area contributed by atoms with Gasteiger partial charge in [0.05, 0.1) is 0 Å². The Balaban J connectivity index is 1.58. The van der Waals surface area contributed by atoms with E-state index in [1.807, 2.05) is 48.2 Å². The number of anilines is 1. The van der Waals surface area contributed by atoms with Gasteiger partial charge >= 0.3 is 0 Å². The number of hydrogen-bond acceptors (Lipinski definition) is 3. The van der Waals surface area contributed by atoms with Crippen LogP contribution in [0.3, 0.4) is 0 Å². The number of nitrogens with zero attached hydrogens (tertiary/aromatic N) is 1. The van der Waals surface area contributed by atoms with Crippen molar-refractivity contribution in [3.8, 4) is 5.75 Å². The summed E-state index contributed by atoms with van der Waals surface area (Å²) >= 11 is 8.87. The first-order chi connectivity index (χ1) is 12.0. The standard InChI is InChI=1S/C19H19BrN2O2S/c1-13-11-15(8-9-16(13)20)24-12-18(23)21-19(25)22-10-4-6-14-5-2-3-7-17(14)22/h2-3,5,7-9,11H,4,6,10,12H2,1H3,(H,21,23,25). The summed E-state index contributed by atoms with van der Waals surface area (Å²) in [6.45, 7) is 2.71. The molecule has 0 saturated carbocycles. The summed E-state index contributed by atoms with van der Waals surface area (Å²) in [6.07, 6.45) is 2.05. The zero-order valence-electron chi connectivity index (χ0n) is 13.9. The average molecular weight is 419 g/mol. The summed E-state index contributed by atoms with van der Waals surface area (Å²) in [7, 11) is 0. The monoisotopic (exact) mass is 418 g/mol. The summed E-state index contributed by atoms with van der Waals surface area (Å²) in [5.41, 5.74) is 3.38. The highest BCUT2D eigenvalue weighted by Gasteiger charge is 2.20. The van der Waals surface area contributed by atoms with Crippen LogP contribution in [0.2, 0.25) is 0 Å². The highest BCUT2D eigenvalue weighted by molar-refractivity contribution is 9.10. The van der Waals surface area contributed by atoms with Crippen molar-refractivity contribution in [3.63, 3.8) is 0 Å². The van der Waals surface area contributed by atoms with Gasteiger partial charge in [0.1, 0.15) is 5.75 Å². The molecule has 2 aromatic rings. The van der Waals surface area contributed by atoms with Crippen LogP contribution in [0.1, 0.15) is 17.5 Å². The van der Waals surface area contributed by atoms with Crippen molar-refractivity contribution in [2.45, 2.75) is 19.8 Å². The minimum atomic E-state index is -0.256. The van der Waals surface area contributed by atoms with Crippen molar-refractivity contribution in [1.82, 2.24) is 5.32 Å². The van der Waals surface area contributed by atoms with Crippen molar-refractivity contribution in [3.05, 3.63) is 58.1 Å². The molecule has 25 heavy (non-hydrogen) atoms. The Morgan fingerprint density at radius 1 is 1.32 bits per heavy atom. The molecule has 1 heterocycles. The van der Waals surface area contributed by atoms with Gasteiger partial charge in [0.25, 0.3) is 5.91 Å². The Labute approximate surface area is 161 Å². The molecule has 0 saturated heterocycles. The fraction of sp³-hybridized carbons (Fsp3) is 0.263. The first kappa shape index (κ1) is 17.9. The lowest BCUT2D eigenvalue weighted by atomic mass is 10.0. The molecule has 3 rings (SSSR count). The lowest BCUT2D eigenvalue weighted by Gasteiger charge is -2.31. The van der Waals surface area contributed by atoms with Crippen LogP contribution < -0.4 is 15.0 Å². The number of ether oxygens (including phenoxy) is 1. The molecular weight excluding hydrogens is 400 g/mol. The van der Waals surface area contributed by atoms with Crippen LogP contribution in [0.5, 0.6) is 5.75 Å². The number of carbonyl (C=O) groups is 1. The highest BCUT2D eigenvalue weighted by atomic mass is 79.9. The molecule has 0 bridgehead atoms. The number of benzene rings is 2. The van der Waals surface area contributed by atoms with Gasteiger partial charge in [-0.25, -0.2) is 0 Å². The molecule has 130 valence electrons. The second-order valence-corrected chi connectivity index (χ2v) is 7.18. The third-order valence-electron chi connectivity index (χ3n) is 4.10. The number of amides is 1. The number of nitrogens with one attached hydrogen (secondary N) is 1. The molecule has 4 nitrogen and oxygen atoms in total. The summed E-state index contributed by atoms with van der Waals surface area (Å²) in [5, 5.41) is 3.19. The largest absolute Gasteiger partial charge is 0.484 e. The van der Waals surface area contributed by atoms with E-state index in [-0.39, 0.29) is 12.5 Å². The number of rotatable bonds is 3. The summed E-state index contributed by atoms with van der Waals surface area (Å²) in [6, 6.07) is 13.8. The van der Waals surface area contributed by atoms with Crippen LogP contribution in [0, 0.1) is 6.92 Å². The summed E-state index contributed by atoms with van der Waals surface area (Å²) in [4.78, 5) is 14.2. The minimum absolute atomic E-state index is 0.0727. The quantitative estimate of drug-likeness (QED) is 0.764. The van der Waals surface area contributed by atoms with Gasteiger partial charge in [0, 0.05) is 16.7 Å². The topological polar surface area (TPSA) is 41.6 Å². The van der Waals surface area contributed by atoms with Crippen molar-refractivity contribution < 1.29 is 9.53 Å². The molecular formula is C19H19BrN2O2S. The third-order valence-corrected chi connectivity index (χ3v) is 5.31. The Kier molecular flexibility index (Phi) is 5.71. The van der Waals surface area contributed by atoms with Gasteiger partial charge in [0.2, 0.25) is 0 Å². The smallest absolute Gasteiger partial charge is 0.264 e. The Morgan fingerprint density at radius 3 is 2.92 bits per heavy atom. The van der Waals surface area contributed by atoms with E-state index in [0.29, 0.717) is 10.9 Å². The number of hydrogen-bond donors (Lipinski definition) is 1. The lowest BCUT2D eigenvalue weighted by Crippen LogP contribution is -2.46. The molecule has 0 aromatic heterocycles. The van der Waals surface area contributed by atoms with Crippen LogP contribution in [0.15, 0.2) is 46.9 Å². The van der Waals surface area contributed by atoms with E-state index in [1.54, 1.807) is 0 Å². The number of para-hydroxylation sites is 1. The van der Waals surface area contributed by atoms with Crippen LogP contribution in [-0.2, 0) is 11.2 Å². The molecule has 2 aromatic carbocycles. The van der Waals surface area contributed by atoms with Gasteiger partial charge in [-0.05, 0) is 67.4 Å². The van der Waals surface area contributed by atoms with E-state index >= 15 is 0 Å². The molecule has 0 spiro atoms. The fourth-order valence-corrected chi connectivity index (χ4v) is 3.37. The van der Waals surface area contributed by atoms with E-state index in [4.69, 9.17) is 17.0 Å². The van der Waals surface area contributed by atoms with Crippen molar-refractivity contribution >= 4 is 44.9 Å². The first-order valence-electron chi connectivity index (χ1n) is 8.13. The first-order valence-corrected chi connectivity index (χ1v) is 9.33. The van der Waals surface area contributed by atoms with Crippen LogP contribution in [0.25, 0.3) is 0 Å². The maximum atomic E-state index is 12.2. The molecule has 0 unspecified atom stereocenters. The Morgan fingerprint density at radius 2 is 2.12 bits per heavy atom. The van der Waals surface area contributed by atoms with E-state index in [1.165, 1.54) is 5.56 Å². The van der Waals surface area contributed by atoms with E-state index in [9.17, 15) is 4.79 Å². The molecule has 0 atom stereocenters. The van der Waals surface area contributed by atoms with Crippen molar-refractivity contribution in [1.29, 1.82) is 0 Å². The molecule has 0 aliphatic carbocycles. The maximum absolute atomic E-state index is 12.2. The van der Waals surface area contributed by atoms with E-state index in [2.05, 4.69) is 27.3 Å². The van der Waals surface area contributed by atoms with Gasteiger partial charge in [-0.15, -0.1) is 0 Å². The molecule has 1 aliphatic heterocycles. The summed E-state index contributed by atoms with van der Waals surface area (Å²) in [5.74, 6) is 0.402. The number of thiocarbonyl (C=S) groups is 1. The normalized spacial score (nSPS) is 13.1. The fourth-order valence-electron chi connectivity index (χ4n) is 2.82. The van der Waals surface area contributed by atoms with Gasteiger partial charge in [-0.2, -0.15) is 0 Å². The minimum Gasteiger partial charge on any atom is -0.484 e. The van der Waals surface area contributed by atoms with E-state index in [0.717, 1.165) is 35.1 Å². The molecule has 0 fully saturated rings. The zero-order chi connectivity index (χ0) is 17.8. The molecule has 0 radical (unpaired) electrons. The van der Waals surface area contributed by atoms with E-state index < -0.39 is 0 Å². The van der Waals surface area contributed by atoms with Crippen molar-refractivity contribution in [2.24, 2.45) is 0 Å². The number of aryl methyl sites for hydroxylation is 2. The van der Waals surface area contributed by atoms with Crippen LogP contribution in [0.4, 0.5) is 5.69 Å². The number of fused-ring (bicyclic) bond motifs is 1. The number of carbonyl (C=O) groups excluding carboxylic acids is 1. The molecule has 6 heteroatoms. The number of halogens is 1. The predicted molar refractivity (Wildman–Crippen MR) is 107 cm³/mol.